The van der Waals surface area contributed by atoms with Crippen LogP contribution in [0.25, 0.3) is 0 Å². The molecule has 1 aliphatic carbocycles. The lowest BCUT2D eigenvalue weighted by atomic mass is 10.2. The molecule has 124 valence electrons. The Hall–Kier alpha value is -2.52. The number of nitro benzene ring substituents is 1. The Morgan fingerprint density at radius 2 is 1.96 bits per heavy atom. The average molecular weight is 362 g/mol. The van der Waals surface area contributed by atoms with E-state index in [9.17, 15) is 14.9 Å². The van der Waals surface area contributed by atoms with Gasteiger partial charge in [0.2, 0.25) is 0 Å². The molecule has 24 heavy (non-hydrogen) atoms. The maximum absolute atomic E-state index is 12.1. The molecule has 0 saturated carbocycles. The van der Waals surface area contributed by atoms with Crippen molar-refractivity contribution < 1.29 is 9.72 Å². The highest BCUT2D eigenvalue weighted by Gasteiger charge is 2.18. The van der Waals surface area contributed by atoms with Crippen LogP contribution in [-0.4, -0.2) is 15.9 Å². The van der Waals surface area contributed by atoms with Gasteiger partial charge in [0, 0.05) is 22.7 Å². The van der Waals surface area contributed by atoms with Crippen LogP contribution in [0.5, 0.6) is 0 Å². The molecule has 0 saturated heterocycles. The van der Waals surface area contributed by atoms with E-state index in [1.54, 1.807) is 0 Å². The predicted octanol–water partition coefficient (Wildman–Crippen LogP) is 2.78. The molecule has 1 aromatic carbocycles. The summed E-state index contributed by atoms with van der Waals surface area (Å²) in [6.07, 6.45) is 3.23. The second kappa shape index (κ2) is 6.93. The molecule has 2 aromatic rings. The molecular formula is C15H14N4O3S2. The van der Waals surface area contributed by atoms with E-state index in [4.69, 9.17) is 12.2 Å². The van der Waals surface area contributed by atoms with Gasteiger partial charge in [-0.25, -0.2) is 0 Å². The summed E-state index contributed by atoms with van der Waals surface area (Å²) in [6, 6.07) is 7.75. The molecule has 7 nitrogen and oxygen atoms in total. The summed E-state index contributed by atoms with van der Waals surface area (Å²) in [5.74, 6) is -0.234. The van der Waals surface area contributed by atoms with Crippen molar-refractivity contribution in [2.45, 2.75) is 19.3 Å². The van der Waals surface area contributed by atoms with Gasteiger partial charge in [-0.15, -0.1) is 11.3 Å². The molecule has 0 bridgehead atoms. The van der Waals surface area contributed by atoms with Crippen molar-refractivity contribution >= 4 is 45.9 Å². The van der Waals surface area contributed by atoms with Crippen LogP contribution in [0, 0.1) is 10.1 Å². The Kier molecular flexibility index (Phi) is 4.72. The van der Waals surface area contributed by atoms with Gasteiger partial charge >= 0.3 is 0 Å². The molecule has 3 N–H and O–H groups in total. The molecule has 9 heteroatoms. The van der Waals surface area contributed by atoms with Crippen molar-refractivity contribution in [1.29, 1.82) is 0 Å². The summed E-state index contributed by atoms with van der Waals surface area (Å²) in [6.45, 7) is 0. The number of hydrogen-bond donors (Lipinski definition) is 3. The second-order valence-corrected chi connectivity index (χ2v) is 6.79. The first-order chi connectivity index (χ1) is 11.5. The number of nitrogens with zero attached hydrogens (tertiary/aromatic N) is 1. The first kappa shape index (κ1) is 16.3. The first-order valence-corrected chi connectivity index (χ1v) is 8.49. The molecule has 0 radical (unpaired) electrons. The lowest BCUT2D eigenvalue weighted by Crippen LogP contribution is -2.43. The lowest BCUT2D eigenvalue weighted by molar-refractivity contribution is -0.384. The number of fused-ring (bicyclic) bond motifs is 1. The zero-order chi connectivity index (χ0) is 17.1. The average Bonchev–Trinajstić information content (AvgIpc) is 3.14. The van der Waals surface area contributed by atoms with E-state index in [0.717, 1.165) is 19.3 Å². The molecule has 0 atom stereocenters. The minimum Gasteiger partial charge on any atom is -0.331 e. The van der Waals surface area contributed by atoms with E-state index < -0.39 is 4.92 Å². The van der Waals surface area contributed by atoms with E-state index in [-0.39, 0.29) is 16.7 Å². The van der Waals surface area contributed by atoms with Crippen molar-refractivity contribution in [3.05, 3.63) is 55.8 Å². The van der Waals surface area contributed by atoms with Gasteiger partial charge in [-0.3, -0.25) is 25.8 Å². The molecule has 0 fully saturated rings. The smallest absolute Gasteiger partial charge is 0.279 e. The number of non-ortho nitro benzene ring substituents is 1. The number of carbonyl (C=O) groups excluding carboxylic acids is 1. The van der Waals surface area contributed by atoms with Gasteiger partial charge in [0.15, 0.2) is 5.11 Å². The van der Waals surface area contributed by atoms with Crippen LogP contribution in [0.15, 0.2) is 30.3 Å². The summed E-state index contributed by atoms with van der Waals surface area (Å²) in [5, 5.41) is 13.6. The number of rotatable bonds is 3. The van der Waals surface area contributed by atoms with Gasteiger partial charge < -0.3 is 5.32 Å². The predicted molar refractivity (Wildman–Crippen MR) is 96.3 cm³/mol. The number of amides is 1. The van der Waals surface area contributed by atoms with Crippen LogP contribution >= 0.6 is 23.6 Å². The number of aryl methyl sites for hydroxylation is 2. The number of benzene rings is 1. The second-order valence-electron chi connectivity index (χ2n) is 5.25. The number of thiocarbonyl (C=S) groups is 1. The number of anilines is 1. The van der Waals surface area contributed by atoms with Crippen molar-refractivity contribution in [2.75, 3.05) is 5.32 Å². The third kappa shape index (κ3) is 3.69. The standard InChI is InChI=1S/C15H14N4O3S2/c20-14(13-8-9-2-1-3-12(9)24-13)17-18-15(23)16-10-4-6-11(7-5-10)19(21)22/h4-8H,1-3H2,(H,17,20)(H2,16,18,23). The Morgan fingerprint density at radius 1 is 1.21 bits per heavy atom. The molecule has 1 amide bonds. The summed E-state index contributed by atoms with van der Waals surface area (Å²) in [5.41, 5.74) is 7.02. The van der Waals surface area contributed by atoms with Crippen molar-refractivity contribution in [1.82, 2.24) is 10.9 Å². The van der Waals surface area contributed by atoms with E-state index in [1.165, 1.54) is 46.0 Å². The Morgan fingerprint density at radius 3 is 2.62 bits per heavy atom. The Balaban J connectivity index is 1.51. The molecule has 3 rings (SSSR count). The van der Waals surface area contributed by atoms with E-state index >= 15 is 0 Å². The number of nitro groups is 1. The normalized spacial score (nSPS) is 12.3. The van der Waals surface area contributed by atoms with Crippen LogP contribution in [0.1, 0.15) is 26.5 Å². The third-order valence-electron chi connectivity index (χ3n) is 3.60. The van der Waals surface area contributed by atoms with Crippen LogP contribution in [0.4, 0.5) is 11.4 Å². The molecule has 1 aliphatic rings. The molecule has 0 spiro atoms. The molecule has 1 aromatic heterocycles. The summed E-state index contributed by atoms with van der Waals surface area (Å²) in [4.78, 5) is 24.2. The molecule has 0 unspecified atom stereocenters. The largest absolute Gasteiger partial charge is 0.331 e. The fourth-order valence-corrected chi connectivity index (χ4v) is 3.76. The van der Waals surface area contributed by atoms with Crippen molar-refractivity contribution in [3.8, 4) is 0 Å². The first-order valence-electron chi connectivity index (χ1n) is 7.26. The van der Waals surface area contributed by atoms with Gasteiger partial charge in [-0.05, 0) is 55.2 Å². The lowest BCUT2D eigenvalue weighted by Gasteiger charge is -2.10. The van der Waals surface area contributed by atoms with Crippen LogP contribution < -0.4 is 16.2 Å². The third-order valence-corrected chi connectivity index (χ3v) is 5.04. The van der Waals surface area contributed by atoms with Gasteiger partial charge in [-0.2, -0.15) is 0 Å². The summed E-state index contributed by atoms with van der Waals surface area (Å²) < 4.78 is 0. The zero-order valence-corrected chi connectivity index (χ0v) is 14.1. The van der Waals surface area contributed by atoms with Gasteiger partial charge in [-0.1, -0.05) is 0 Å². The van der Waals surface area contributed by atoms with Crippen LogP contribution in [-0.2, 0) is 12.8 Å². The van der Waals surface area contributed by atoms with Gasteiger partial charge in [0.1, 0.15) is 0 Å². The molecule has 1 heterocycles. The highest BCUT2D eigenvalue weighted by Crippen LogP contribution is 2.30. The highest BCUT2D eigenvalue weighted by atomic mass is 32.1. The minimum atomic E-state index is -0.473. The fraction of sp³-hybridized carbons (Fsp3) is 0.200. The Labute approximate surface area is 147 Å². The van der Waals surface area contributed by atoms with Crippen molar-refractivity contribution in [2.24, 2.45) is 0 Å². The van der Waals surface area contributed by atoms with Gasteiger partial charge in [0.05, 0.1) is 9.80 Å². The number of hydrogen-bond acceptors (Lipinski definition) is 5. The van der Waals surface area contributed by atoms with Crippen LogP contribution in [0.2, 0.25) is 0 Å². The summed E-state index contributed by atoms with van der Waals surface area (Å²) >= 11 is 6.60. The number of nitrogens with one attached hydrogen (secondary N) is 3. The van der Waals surface area contributed by atoms with E-state index in [0.29, 0.717) is 10.6 Å². The number of thiophene rings is 1. The number of hydrazine groups is 1. The minimum absolute atomic E-state index is 0.00141. The maximum Gasteiger partial charge on any atom is 0.279 e. The van der Waals surface area contributed by atoms with Crippen LogP contribution in [0.3, 0.4) is 0 Å². The molecular weight excluding hydrogens is 348 g/mol. The SMILES string of the molecule is O=C(NNC(=S)Nc1ccc([N+](=O)[O-])cc1)c1cc2c(s1)CCC2. The number of carbonyl (C=O) groups is 1. The fourth-order valence-electron chi connectivity index (χ4n) is 2.44. The maximum atomic E-state index is 12.1. The monoisotopic (exact) mass is 362 g/mol. The Bertz CT molecular complexity index is 780. The van der Waals surface area contributed by atoms with E-state index in [1.807, 2.05) is 6.07 Å². The van der Waals surface area contributed by atoms with E-state index in [2.05, 4.69) is 16.2 Å². The molecule has 0 aliphatic heterocycles. The van der Waals surface area contributed by atoms with Crippen molar-refractivity contribution in [3.63, 3.8) is 0 Å². The zero-order valence-electron chi connectivity index (χ0n) is 12.5. The summed E-state index contributed by atoms with van der Waals surface area (Å²) in [7, 11) is 0. The quantitative estimate of drug-likeness (QED) is 0.441. The van der Waals surface area contributed by atoms with Gasteiger partial charge in [0.25, 0.3) is 11.6 Å². The topological polar surface area (TPSA) is 96.3 Å². The highest BCUT2D eigenvalue weighted by molar-refractivity contribution is 7.80.